The van der Waals surface area contributed by atoms with E-state index in [4.69, 9.17) is 0 Å². The van der Waals surface area contributed by atoms with E-state index in [1.54, 1.807) is 0 Å². The summed E-state index contributed by atoms with van der Waals surface area (Å²) in [6.45, 7) is 2.25. The maximum absolute atomic E-state index is 11.7. The monoisotopic (exact) mass is 163 g/mol. The second kappa shape index (κ2) is 2.88. The Bertz CT molecular complexity index is 254. The average Bonchev–Trinajstić information content (AvgIpc) is 2.04. The summed E-state index contributed by atoms with van der Waals surface area (Å²) in [5, 5.41) is 11.7. The van der Waals surface area contributed by atoms with Crippen molar-refractivity contribution < 1.29 is 9.85 Å². The van der Waals surface area contributed by atoms with Crippen molar-refractivity contribution in [2.75, 3.05) is 13.1 Å². The molecule has 2 heteroatoms. The summed E-state index contributed by atoms with van der Waals surface area (Å²) in [7, 11) is 0. The highest BCUT2D eigenvalue weighted by molar-refractivity contribution is 5.13. The zero-order chi connectivity index (χ0) is 8.44. The number of hydrogen-bond acceptors (Lipinski definition) is 0. The highest BCUT2D eigenvalue weighted by atomic mass is 16.5. The van der Waals surface area contributed by atoms with Gasteiger partial charge >= 0.3 is 0 Å². The Kier molecular flexibility index (Phi) is 1.87. The van der Waals surface area contributed by atoms with Crippen LogP contribution in [0.4, 0.5) is 0 Å². The van der Waals surface area contributed by atoms with E-state index in [0.717, 1.165) is 25.1 Å². The van der Waals surface area contributed by atoms with Gasteiger partial charge in [-0.2, -0.15) is 0 Å². The van der Waals surface area contributed by atoms with Gasteiger partial charge in [-0.3, -0.25) is 0 Å². The lowest BCUT2D eigenvalue weighted by Crippen LogP contribution is -2.52. The third kappa shape index (κ3) is 1.49. The molecule has 1 heterocycles. The Hall–Kier alpha value is -0.860. The summed E-state index contributed by atoms with van der Waals surface area (Å²) < 4.78 is -0.00991. The van der Waals surface area contributed by atoms with Crippen molar-refractivity contribution in [3.05, 3.63) is 35.9 Å². The van der Waals surface area contributed by atoms with Crippen LogP contribution in [-0.2, 0) is 11.8 Å². The molecule has 0 unspecified atom stereocenters. The first-order valence-corrected chi connectivity index (χ1v) is 4.40. The van der Waals surface area contributed by atoms with Gasteiger partial charge in [0, 0.05) is 10.8 Å². The lowest BCUT2D eigenvalue weighted by molar-refractivity contribution is -1.16. The third-order valence-corrected chi connectivity index (χ3v) is 2.44. The summed E-state index contributed by atoms with van der Waals surface area (Å²) >= 11 is 0. The van der Waals surface area contributed by atoms with E-state index in [1.165, 1.54) is 0 Å². The minimum Gasteiger partial charge on any atom is -0.137 e. The van der Waals surface area contributed by atoms with Gasteiger partial charge in [0.1, 0.15) is 19.6 Å². The van der Waals surface area contributed by atoms with Crippen LogP contribution in [0.1, 0.15) is 12.0 Å². The molecule has 12 heavy (non-hydrogen) atoms. The molecule has 63 valence electrons. The fourth-order valence-corrected chi connectivity index (χ4v) is 1.59. The van der Waals surface area contributed by atoms with Crippen molar-refractivity contribution in [1.82, 2.24) is 0 Å². The highest BCUT2D eigenvalue weighted by Gasteiger charge is 2.36. The van der Waals surface area contributed by atoms with Crippen LogP contribution in [-0.4, -0.2) is 17.7 Å². The van der Waals surface area contributed by atoms with E-state index in [-0.39, 0.29) is 4.65 Å². The third-order valence-electron chi connectivity index (χ3n) is 2.44. The Balaban J connectivity index is 2.04. The summed E-state index contributed by atoms with van der Waals surface area (Å²) in [5.41, 5.74) is 1.16. The number of quaternary nitrogens is 1. The van der Waals surface area contributed by atoms with Crippen LogP contribution in [0.25, 0.3) is 0 Å². The molecule has 2 rings (SSSR count). The van der Waals surface area contributed by atoms with Crippen molar-refractivity contribution >= 4 is 0 Å². The lowest BCUT2D eigenvalue weighted by Gasteiger charge is -2.33. The zero-order valence-corrected chi connectivity index (χ0v) is 7.07. The molecule has 2 nitrogen and oxygen atoms in total. The van der Waals surface area contributed by atoms with Crippen molar-refractivity contribution in [2.45, 2.75) is 13.0 Å². The van der Waals surface area contributed by atoms with Crippen molar-refractivity contribution in [1.29, 1.82) is 0 Å². The van der Waals surface area contributed by atoms with Crippen LogP contribution < -0.4 is 0 Å². The number of benzene rings is 1. The molecule has 0 saturated carbocycles. The fourth-order valence-electron chi connectivity index (χ4n) is 1.59. The molecule has 1 aliphatic heterocycles. The molecule has 1 aliphatic rings. The SMILES string of the molecule is [O][N+]1(Cc2ccccc2)CCC1. The van der Waals surface area contributed by atoms with Gasteiger partial charge in [0.05, 0.1) is 6.42 Å². The number of hydroxylamine groups is 3. The minimum absolute atomic E-state index is 0.00991. The van der Waals surface area contributed by atoms with E-state index in [2.05, 4.69) is 0 Å². The second-order valence-corrected chi connectivity index (χ2v) is 3.50. The molecule has 0 aliphatic carbocycles. The molecule has 1 fully saturated rings. The van der Waals surface area contributed by atoms with E-state index in [0.29, 0.717) is 6.54 Å². The fraction of sp³-hybridized carbons (Fsp3) is 0.400. The number of hydrogen-bond donors (Lipinski definition) is 0. The topological polar surface area (TPSA) is 19.9 Å². The van der Waals surface area contributed by atoms with Gasteiger partial charge in [-0.25, -0.2) is 0 Å². The van der Waals surface area contributed by atoms with E-state index < -0.39 is 0 Å². The van der Waals surface area contributed by atoms with E-state index in [9.17, 15) is 5.21 Å². The molecule has 0 bridgehead atoms. The average molecular weight is 163 g/mol. The van der Waals surface area contributed by atoms with E-state index in [1.807, 2.05) is 30.3 Å². The zero-order valence-electron chi connectivity index (χ0n) is 7.07. The molecule has 1 radical (unpaired) electrons. The Morgan fingerprint density at radius 2 is 1.83 bits per heavy atom. The predicted octanol–water partition coefficient (Wildman–Crippen LogP) is 1.75. The minimum atomic E-state index is -0.00991. The van der Waals surface area contributed by atoms with E-state index >= 15 is 0 Å². The van der Waals surface area contributed by atoms with Gasteiger partial charge in [0.2, 0.25) is 0 Å². The molecule has 0 spiro atoms. The maximum atomic E-state index is 11.7. The van der Waals surface area contributed by atoms with Crippen molar-refractivity contribution in [3.8, 4) is 0 Å². The lowest BCUT2D eigenvalue weighted by atomic mass is 10.1. The molecule has 0 atom stereocenters. The molecule has 1 aromatic carbocycles. The Morgan fingerprint density at radius 3 is 2.33 bits per heavy atom. The van der Waals surface area contributed by atoms with Gasteiger partial charge in [0.25, 0.3) is 0 Å². The van der Waals surface area contributed by atoms with Crippen LogP contribution in [0.3, 0.4) is 0 Å². The van der Waals surface area contributed by atoms with Crippen LogP contribution in [0.2, 0.25) is 0 Å². The molecule has 0 aromatic heterocycles. The number of likely N-dealkylation sites (tertiary alicyclic amines) is 1. The quantitative estimate of drug-likeness (QED) is 0.592. The first-order chi connectivity index (χ1) is 5.79. The van der Waals surface area contributed by atoms with Gasteiger partial charge in [0.15, 0.2) is 0 Å². The molecule has 1 saturated heterocycles. The van der Waals surface area contributed by atoms with Gasteiger partial charge in [-0.05, 0) is 0 Å². The molecular formula is C10H13NO+. The number of nitrogens with zero attached hydrogens (tertiary/aromatic N) is 1. The summed E-state index contributed by atoms with van der Waals surface area (Å²) in [6.07, 6.45) is 1.09. The van der Waals surface area contributed by atoms with Crippen LogP contribution in [0.15, 0.2) is 30.3 Å². The second-order valence-electron chi connectivity index (χ2n) is 3.50. The smallest absolute Gasteiger partial charge is 0.137 e. The maximum Gasteiger partial charge on any atom is 0.137 e. The van der Waals surface area contributed by atoms with Crippen molar-refractivity contribution in [2.24, 2.45) is 0 Å². The van der Waals surface area contributed by atoms with Crippen molar-refractivity contribution in [3.63, 3.8) is 0 Å². The highest BCUT2D eigenvalue weighted by Crippen LogP contribution is 2.20. The molecular weight excluding hydrogens is 150 g/mol. The summed E-state index contributed by atoms with van der Waals surface area (Å²) in [5.74, 6) is 0. The largest absolute Gasteiger partial charge is 0.137 e. The standard InChI is InChI=1S/C10H13NO/c12-11(7-4-8-11)9-10-5-2-1-3-6-10/h1-3,5-6H,4,7-9H2/q+1. The van der Waals surface area contributed by atoms with Crippen LogP contribution >= 0.6 is 0 Å². The Morgan fingerprint density at radius 1 is 1.17 bits per heavy atom. The van der Waals surface area contributed by atoms with Gasteiger partial charge in [-0.15, -0.1) is 4.65 Å². The molecule has 0 amide bonds. The van der Waals surface area contributed by atoms with Crippen LogP contribution in [0.5, 0.6) is 0 Å². The molecule has 0 N–H and O–H groups in total. The Labute approximate surface area is 72.6 Å². The van der Waals surface area contributed by atoms with Gasteiger partial charge < -0.3 is 0 Å². The van der Waals surface area contributed by atoms with Crippen LogP contribution in [0, 0.1) is 0 Å². The predicted molar refractivity (Wildman–Crippen MR) is 45.4 cm³/mol. The summed E-state index contributed by atoms with van der Waals surface area (Å²) in [6, 6.07) is 10.0. The molecule has 1 aromatic rings. The first-order valence-electron chi connectivity index (χ1n) is 4.40. The summed E-state index contributed by atoms with van der Waals surface area (Å²) in [4.78, 5) is 0. The van der Waals surface area contributed by atoms with Gasteiger partial charge in [-0.1, -0.05) is 30.3 Å². The number of rotatable bonds is 2. The normalized spacial score (nSPS) is 20.1. The first kappa shape index (κ1) is 7.77.